The van der Waals surface area contributed by atoms with Gasteiger partial charge in [-0.25, -0.2) is 23.4 Å². The molecule has 0 saturated heterocycles. The third-order valence-electron chi connectivity index (χ3n) is 1.56. The molecule has 0 bridgehead atoms. The molecule has 0 radical (unpaired) electrons. The topological polar surface area (TPSA) is 127 Å². The van der Waals surface area contributed by atoms with Gasteiger partial charge in [0.05, 0.1) is 19.0 Å². The van der Waals surface area contributed by atoms with E-state index in [1.54, 1.807) is 12.1 Å². The smallest absolute Gasteiger partial charge is 0.332 e. The molecule has 9 heteroatoms. The molecule has 0 aliphatic rings. The monoisotopic (exact) mass is 260 g/mol. The first-order chi connectivity index (χ1) is 7.87. The van der Waals surface area contributed by atoms with Gasteiger partial charge >= 0.3 is 6.03 Å². The van der Waals surface area contributed by atoms with E-state index < -0.39 is 16.1 Å². The lowest BCUT2D eigenvalue weighted by atomic mass is 10.4. The van der Waals surface area contributed by atoms with Crippen molar-refractivity contribution in [1.82, 2.24) is 10.1 Å². The highest BCUT2D eigenvalue weighted by molar-refractivity contribution is 7.88. The summed E-state index contributed by atoms with van der Waals surface area (Å²) in [5, 5.41) is 3.48. The molecule has 1 aromatic rings. The van der Waals surface area contributed by atoms with Gasteiger partial charge in [0.1, 0.15) is 11.5 Å². The number of hydrazone groups is 1. The number of nitrogens with two attached hydrogens (primary N) is 1. The van der Waals surface area contributed by atoms with Crippen molar-refractivity contribution in [1.29, 1.82) is 0 Å². The Kier molecular flexibility index (Phi) is 4.24. The lowest BCUT2D eigenvalue weighted by Crippen LogP contribution is -2.24. The van der Waals surface area contributed by atoms with Crippen LogP contribution in [-0.4, -0.2) is 26.9 Å². The first kappa shape index (κ1) is 13.2. The molecular weight excluding hydrogens is 248 g/mol. The van der Waals surface area contributed by atoms with Crippen LogP contribution < -0.4 is 15.9 Å². The molecule has 4 N–H and O–H groups in total. The molecule has 0 fully saturated rings. The molecule has 1 rings (SSSR count). The highest BCUT2D eigenvalue weighted by atomic mass is 32.2. The van der Waals surface area contributed by atoms with Crippen molar-refractivity contribution >= 4 is 22.3 Å². The zero-order valence-electron chi connectivity index (χ0n) is 9.00. The van der Waals surface area contributed by atoms with Gasteiger partial charge in [0.2, 0.25) is 10.0 Å². The molecule has 0 spiro atoms. The molecule has 2 amide bonds. The molecule has 8 nitrogen and oxygen atoms in total. The third-order valence-corrected chi connectivity index (χ3v) is 2.23. The number of hydrogen-bond acceptors (Lipinski definition) is 5. The summed E-state index contributed by atoms with van der Waals surface area (Å²) in [5.41, 5.74) is 6.78. The molecule has 0 saturated carbocycles. The van der Waals surface area contributed by atoms with Crippen molar-refractivity contribution < 1.29 is 17.6 Å². The Balaban J connectivity index is 2.54. The summed E-state index contributed by atoms with van der Waals surface area (Å²) in [7, 11) is -3.26. The van der Waals surface area contributed by atoms with E-state index in [-0.39, 0.29) is 6.54 Å². The number of sulfonamides is 1. The van der Waals surface area contributed by atoms with Crippen LogP contribution in [0.2, 0.25) is 0 Å². The van der Waals surface area contributed by atoms with Crippen LogP contribution in [0.5, 0.6) is 0 Å². The van der Waals surface area contributed by atoms with E-state index in [4.69, 9.17) is 10.2 Å². The summed E-state index contributed by atoms with van der Waals surface area (Å²) in [6.45, 7) is 0.0515. The maximum atomic E-state index is 10.8. The van der Waals surface area contributed by atoms with Gasteiger partial charge in [0, 0.05) is 0 Å². The molecule has 1 heterocycles. The highest BCUT2D eigenvalue weighted by Gasteiger charge is 2.04. The van der Waals surface area contributed by atoms with Crippen LogP contribution in [0.15, 0.2) is 21.7 Å². The molecule has 17 heavy (non-hydrogen) atoms. The predicted octanol–water partition coefficient (Wildman–Crippen LogP) is -0.669. The summed E-state index contributed by atoms with van der Waals surface area (Å²) in [4.78, 5) is 10.3. The molecule has 0 aromatic carbocycles. The van der Waals surface area contributed by atoms with Gasteiger partial charge < -0.3 is 10.2 Å². The molecule has 0 aliphatic carbocycles. The van der Waals surface area contributed by atoms with Crippen molar-refractivity contribution in [3.05, 3.63) is 23.7 Å². The van der Waals surface area contributed by atoms with E-state index in [9.17, 15) is 13.2 Å². The van der Waals surface area contributed by atoms with Crippen LogP contribution in [0.1, 0.15) is 11.5 Å². The Labute approximate surface area is 97.9 Å². The first-order valence-electron chi connectivity index (χ1n) is 4.49. The molecule has 1 aromatic heterocycles. The lowest BCUT2D eigenvalue weighted by Gasteiger charge is -1.97. The summed E-state index contributed by atoms with van der Waals surface area (Å²) < 4.78 is 29.1. The van der Waals surface area contributed by atoms with Gasteiger partial charge in [0.15, 0.2) is 0 Å². The van der Waals surface area contributed by atoms with Crippen molar-refractivity contribution in [3.63, 3.8) is 0 Å². The standard InChI is InChI=1S/C8H12N4O4S/c1-17(14,15)11-5-7-3-2-6(16-7)4-10-12-8(9)13/h2-4,11H,5H2,1H3,(H3,9,12,13)/b10-4-. The number of urea groups is 1. The summed E-state index contributed by atoms with van der Waals surface area (Å²) >= 11 is 0. The molecule has 0 aliphatic heterocycles. The quantitative estimate of drug-likeness (QED) is 0.479. The average molecular weight is 260 g/mol. The van der Waals surface area contributed by atoms with E-state index in [0.29, 0.717) is 11.5 Å². The fourth-order valence-electron chi connectivity index (χ4n) is 0.921. The SMILES string of the molecule is CS(=O)(=O)NCc1ccc(/C=N\NC(N)=O)o1. The largest absolute Gasteiger partial charge is 0.459 e. The van der Waals surface area contributed by atoms with Gasteiger partial charge in [-0.15, -0.1) is 0 Å². The van der Waals surface area contributed by atoms with Gasteiger partial charge in [-0.05, 0) is 12.1 Å². The molecular formula is C8H12N4O4S. The number of nitrogens with one attached hydrogen (secondary N) is 2. The number of amides is 2. The summed E-state index contributed by atoms with van der Waals surface area (Å²) in [5.74, 6) is 0.792. The van der Waals surface area contributed by atoms with Crippen LogP contribution in [0.25, 0.3) is 0 Å². The zero-order valence-corrected chi connectivity index (χ0v) is 9.82. The average Bonchev–Trinajstić information content (AvgIpc) is 2.61. The van der Waals surface area contributed by atoms with Gasteiger partial charge in [-0.2, -0.15) is 5.10 Å². The Morgan fingerprint density at radius 1 is 1.59 bits per heavy atom. The highest BCUT2D eigenvalue weighted by Crippen LogP contribution is 2.05. The summed E-state index contributed by atoms with van der Waals surface area (Å²) in [6, 6.07) is 2.38. The predicted molar refractivity (Wildman–Crippen MR) is 60.7 cm³/mol. The second-order valence-corrected chi connectivity index (χ2v) is 4.96. The van der Waals surface area contributed by atoms with Crippen LogP contribution in [0, 0.1) is 0 Å². The maximum absolute atomic E-state index is 10.8. The van der Waals surface area contributed by atoms with Crippen molar-refractivity contribution in [3.8, 4) is 0 Å². The maximum Gasteiger partial charge on any atom is 0.332 e. The molecule has 0 atom stereocenters. The second kappa shape index (κ2) is 5.46. The molecule has 94 valence electrons. The van der Waals surface area contributed by atoms with Crippen LogP contribution >= 0.6 is 0 Å². The summed E-state index contributed by atoms with van der Waals surface area (Å²) in [6.07, 6.45) is 2.30. The van der Waals surface area contributed by atoms with Gasteiger partial charge in [-0.3, -0.25) is 0 Å². The van der Waals surface area contributed by atoms with Gasteiger partial charge in [0.25, 0.3) is 0 Å². The minimum absolute atomic E-state index is 0.0515. The third kappa shape index (κ3) is 5.68. The Bertz CT molecular complexity index is 519. The van der Waals surface area contributed by atoms with Crippen molar-refractivity contribution in [2.45, 2.75) is 6.54 Å². The van der Waals surface area contributed by atoms with Crippen LogP contribution in [-0.2, 0) is 16.6 Å². The fraction of sp³-hybridized carbons (Fsp3) is 0.250. The Morgan fingerprint density at radius 3 is 2.88 bits per heavy atom. The second-order valence-electron chi connectivity index (χ2n) is 3.13. The van der Waals surface area contributed by atoms with Crippen molar-refractivity contribution in [2.24, 2.45) is 10.8 Å². The Hall–Kier alpha value is -1.87. The van der Waals surface area contributed by atoms with E-state index in [1.165, 1.54) is 6.21 Å². The Morgan fingerprint density at radius 2 is 2.29 bits per heavy atom. The van der Waals surface area contributed by atoms with Crippen LogP contribution in [0.4, 0.5) is 4.79 Å². The number of carbonyl (C=O) groups is 1. The van der Waals surface area contributed by atoms with E-state index in [1.807, 2.05) is 5.43 Å². The zero-order chi connectivity index (χ0) is 12.9. The van der Waals surface area contributed by atoms with Gasteiger partial charge in [-0.1, -0.05) is 0 Å². The van der Waals surface area contributed by atoms with Crippen molar-refractivity contribution in [2.75, 3.05) is 6.26 Å². The minimum atomic E-state index is -3.26. The number of hydrogen-bond donors (Lipinski definition) is 3. The number of nitrogens with zero attached hydrogens (tertiary/aromatic N) is 1. The number of primary amides is 1. The van der Waals surface area contributed by atoms with E-state index >= 15 is 0 Å². The van der Waals surface area contributed by atoms with E-state index in [0.717, 1.165) is 6.26 Å². The molecule has 0 unspecified atom stereocenters. The van der Waals surface area contributed by atoms with E-state index in [2.05, 4.69) is 9.82 Å². The lowest BCUT2D eigenvalue weighted by molar-refractivity contribution is 0.249. The van der Waals surface area contributed by atoms with Crippen LogP contribution in [0.3, 0.4) is 0 Å². The normalized spacial score (nSPS) is 11.8. The number of furan rings is 1. The first-order valence-corrected chi connectivity index (χ1v) is 6.38. The number of rotatable bonds is 5. The fourth-order valence-corrected chi connectivity index (χ4v) is 1.33. The number of carbonyl (C=O) groups excluding carboxylic acids is 1. The minimum Gasteiger partial charge on any atom is -0.459 e.